The van der Waals surface area contributed by atoms with E-state index in [0.29, 0.717) is 6.04 Å². The standard InChI is InChI=1S/C7H15NO.ClH/c1-6-4-3-5-7(9)8(6)2;/h6-7,9H,3-5H2,1-2H3;1H. The number of hydrogen-bond acceptors (Lipinski definition) is 2. The van der Waals surface area contributed by atoms with Gasteiger partial charge in [-0.15, -0.1) is 12.4 Å². The molecule has 1 rings (SSSR count). The van der Waals surface area contributed by atoms with E-state index in [2.05, 4.69) is 6.92 Å². The molecule has 2 atom stereocenters. The van der Waals surface area contributed by atoms with Gasteiger partial charge in [-0.25, -0.2) is 0 Å². The number of hydrogen-bond donors (Lipinski definition) is 1. The lowest BCUT2D eigenvalue weighted by Gasteiger charge is -2.34. The molecular formula is C7H16ClNO. The van der Waals surface area contributed by atoms with Crippen LogP contribution in [0.3, 0.4) is 0 Å². The predicted molar refractivity (Wildman–Crippen MR) is 44.3 cm³/mol. The molecule has 0 radical (unpaired) electrons. The summed E-state index contributed by atoms with van der Waals surface area (Å²) in [6.07, 6.45) is 3.16. The van der Waals surface area contributed by atoms with Crippen LogP contribution in [0.2, 0.25) is 0 Å². The molecule has 10 heavy (non-hydrogen) atoms. The highest BCUT2D eigenvalue weighted by molar-refractivity contribution is 5.85. The highest BCUT2D eigenvalue weighted by Gasteiger charge is 2.21. The Morgan fingerprint density at radius 1 is 1.40 bits per heavy atom. The Balaban J connectivity index is 0.000000810. The molecule has 0 aromatic heterocycles. The highest BCUT2D eigenvalue weighted by Crippen LogP contribution is 2.18. The maximum absolute atomic E-state index is 9.27. The van der Waals surface area contributed by atoms with E-state index in [1.54, 1.807) is 0 Å². The molecule has 1 heterocycles. The van der Waals surface area contributed by atoms with Crippen molar-refractivity contribution in [3.63, 3.8) is 0 Å². The number of nitrogens with zero attached hydrogens (tertiary/aromatic N) is 1. The summed E-state index contributed by atoms with van der Waals surface area (Å²) in [5.41, 5.74) is 0. The first-order valence-corrected chi connectivity index (χ1v) is 3.62. The largest absolute Gasteiger partial charge is 0.378 e. The molecule has 2 unspecified atom stereocenters. The molecule has 1 aliphatic heterocycles. The molecule has 0 aromatic rings. The average Bonchev–Trinajstić information content (AvgIpc) is 1.83. The number of aliphatic hydroxyl groups is 1. The van der Waals surface area contributed by atoms with Crippen LogP contribution < -0.4 is 0 Å². The van der Waals surface area contributed by atoms with E-state index in [1.807, 2.05) is 11.9 Å². The fraction of sp³-hybridized carbons (Fsp3) is 1.00. The van der Waals surface area contributed by atoms with E-state index in [9.17, 15) is 5.11 Å². The minimum atomic E-state index is -0.186. The van der Waals surface area contributed by atoms with E-state index < -0.39 is 0 Å². The molecule has 62 valence electrons. The summed E-state index contributed by atoms with van der Waals surface area (Å²) in [5, 5.41) is 9.27. The zero-order valence-electron chi connectivity index (χ0n) is 6.58. The minimum absolute atomic E-state index is 0. The molecule has 0 bridgehead atoms. The third-order valence-electron chi connectivity index (χ3n) is 2.25. The molecule has 0 spiro atoms. The molecule has 2 nitrogen and oxygen atoms in total. The van der Waals surface area contributed by atoms with Crippen molar-refractivity contribution in [1.29, 1.82) is 0 Å². The second-order valence-electron chi connectivity index (χ2n) is 2.93. The fourth-order valence-corrected chi connectivity index (χ4v) is 1.30. The molecular weight excluding hydrogens is 150 g/mol. The lowest BCUT2D eigenvalue weighted by atomic mass is 10.0. The Morgan fingerprint density at radius 3 is 2.40 bits per heavy atom. The third kappa shape index (κ3) is 2.11. The van der Waals surface area contributed by atoms with Crippen molar-refractivity contribution in [3.8, 4) is 0 Å². The minimum Gasteiger partial charge on any atom is -0.378 e. The van der Waals surface area contributed by atoms with Crippen LogP contribution in [0.1, 0.15) is 26.2 Å². The molecule has 3 heteroatoms. The first kappa shape index (κ1) is 10.2. The summed E-state index contributed by atoms with van der Waals surface area (Å²) in [4.78, 5) is 2.03. The Morgan fingerprint density at radius 2 is 2.00 bits per heavy atom. The predicted octanol–water partition coefficient (Wildman–Crippen LogP) is 1.23. The van der Waals surface area contributed by atoms with Gasteiger partial charge in [-0.1, -0.05) is 0 Å². The first-order chi connectivity index (χ1) is 4.22. The van der Waals surface area contributed by atoms with Gasteiger partial charge in [0.2, 0.25) is 0 Å². The van der Waals surface area contributed by atoms with Crippen molar-refractivity contribution in [2.45, 2.75) is 38.5 Å². The van der Waals surface area contributed by atoms with Crippen molar-refractivity contribution < 1.29 is 5.11 Å². The molecule has 1 N–H and O–H groups in total. The van der Waals surface area contributed by atoms with Gasteiger partial charge in [-0.3, -0.25) is 4.90 Å². The quantitative estimate of drug-likeness (QED) is 0.584. The number of piperidine rings is 1. The third-order valence-corrected chi connectivity index (χ3v) is 2.25. The molecule has 0 aromatic carbocycles. The Labute approximate surface area is 68.6 Å². The van der Waals surface area contributed by atoms with Gasteiger partial charge >= 0.3 is 0 Å². The first-order valence-electron chi connectivity index (χ1n) is 3.62. The number of likely N-dealkylation sites (tertiary alicyclic amines) is 1. The van der Waals surface area contributed by atoms with Crippen LogP contribution in [0.5, 0.6) is 0 Å². The van der Waals surface area contributed by atoms with Crippen molar-refractivity contribution in [2.75, 3.05) is 7.05 Å². The van der Waals surface area contributed by atoms with E-state index in [1.165, 1.54) is 12.8 Å². The number of aliphatic hydroxyl groups excluding tert-OH is 1. The molecule has 0 amide bonds. The second-order valence-corrected chi connectivity index (χ2v) is 2.93. The lowest BCUT2D eigenvalue weighted by Crippen LogP contribution is -2.41. The Kier molecular flexibility index (Phi) is 4.25. The summed E-state index contributed by atoms with van der Waals surface area (Å²) < 4.78 is 0. The zero-order chi connectivity index (χ0) is 6.85. The van der Waals surface area contributed by atoms with Crippen LogP contribution in [0.25, 0.3) is 0 Å². The van der Waals surface area contributed by atoms with Crippen LogP contribution in [0.4, 0.5) is 0 Å². The van der Waals surface area contributed by atoms with E-state index in [4.69, 9.17) is 0 Å². The van der Waals surface area contributed by atoms with Gasteiger partial charge in [0.1, 0.15) is 6.23 Å². The fourth-order valence-electron chi connectivity index (χ4n) is 1.30. The van der Waals surface area contributed by atoms with E-state index in [0.717, 1.165) is 6.42 Å². The molecule has 1 saturated heterocycles. The summed E-state index contributed by atoms with van der Waals surface area (Å²) in [6.45, 7) is 2.16. The molecule has 0 aliphatic carbocycles. The molecule has 1 aliphatic rings. The van der Waals surface area contributed by atoms with Crippen LogP contribution in [0.15, 0.2) is 0 Å². The van der Waals surface area contributed by atoms with Crippen LogP contribution in [-0.4, -0.2) is 29.3 Å². The van der Waals surface area contributed by atoms with Gasteiger partial charge < -0.3 is 5.11 Å². The highest BCUT2D eigenvalue weighted by atomic mass is 35.5. The monoisotopic (exact) mass is 165 g/mol. The van der Waals surface area contributed by atoms with Crippen LogP contribution >= 0.6 is 12.4 Å². The van der Waals surface area contributed by atoms with Crippen molar-refractivity contribution in [1.82, 2.24) is 4.90 Å². The van der Waals surface area contributed by atoms with Crippen molar-refractivity contribution >= 4 is 12.4 Å². The van der Waals surface area contributed by atoms with Crippen LogP contribution in [-0.2, 0) is 0 Å². The summed E-state index contributed by atoms with van der Waals surface area (Å²) in [6, 6.07) is 0.564. The van der Waals surface area contributed by atoms with Crippen LogP contribution in [0, 0.1) is 0 Å². The Hall–Kier alpha value is 0.210. The molecule has 0 saturated carbocycles. The SMILES string of the molecule is CC1CCCC(O)N1C.Cl. The second kappa shape index (κ2) is 4.16. The lowest BCUT2D eigenvalue weighted by molar-refractivity contribution is -0.0332. The number of halogens is 1. The summed E-state index contributed by atoms with van der Waals surface area (Å²) >= 11 is 0. The van der Waals surface area contributed by atoms with Gasteiger partial charge in [-0.2, -0.15) is 0 Å². The normalized spacial score (nSPS) is 35.1. The number of rotatable bonds is 0. The van der Waals surface area contributed by atoms with Gasteiger partial charge in [-0.05, 0) is 33.2 Å². The zero-order valence-corrected chi connectivity index (χ0v) is 7.40. The maximum atomic E-state index is 9.27. The van der Waals surface area contributed by atoms with Gasteiger partial charge in [0.25, 0.3) is 0 Å². The summed E-state index contributed by atoms with van der Waals surface area (Å²) in [7, 11) is 1.98. The Bertz CT molecular complexity index is 89.6. The topological polar surface area (TPSA) is 23.5 Å². The smallest absolute Gasteiger partial charge is 0.107 e. The van der Waals surface area contributed by atoms with E-state index in [-0.39, 0.29) is 18.6 Å². The summed E-state index contributed by atoms with van der Waals surface area (Å²) in [5.74, 6) is 0. The van der Waals surface area contributed by atoms with Crippen molar-refractivity contribution in [2.24, 2.45) is 0 Å². The van der Waals surface area contributed by atoms with Gasteiger partial charge in [0.15, 0.2) is 0 Å². The van der Waals surface area contributed by atoms with Gasteiger partial charge in [0, 0.05) is 6.04 Å². The van der Waals surface area contributed by atoms with E-state index >= 15 is 0 Å². The van der Waals surface area contributed by atoms with Gasteiger partial charge in [0.05, 0.1) is 0 Å². The average molecular weight is 166 g/mol. The maximum Gasteiger partial charge on any atom is 0.107 e. The molecule has 1 fully saturated rings. The van der Waals surface area contributed by atoms with Crippen molar-refractivity contribution in [3.05, 3.63) is 0 Å².